The lowest BCUT2D eigenvalue weighted by molar-refractivity contribution is -0.116. The average Bonchev–Trinajstić information content (AvgIpc) is 2.29. The first-order chi connectivity index (χ1) is 7.67. The van der Waals surface area contributed by atoms with Crippen LogP contribution < -0.4 is 15.8 Å². The van der Waals surface area contributed by atoms with Crippen LogP contribution in [0, 0.1) is 12.3 Å². The molecule has 1 amide bonds. The van der Waals surface area contributed by atoms with Gasteiger partial charge in [0.1, 0.15) is 5.75 Å². The summed E-state index contributed by atoms with van der Waals surface area (Å²) in [5.74, 6) is 2.83. The first-order valence-electron chi connectivity index (χ1n) is 4.84. The number of carbonyl (C=O) groups is 1. The molecule has 1 aromatic carbocycles. The van der Waals surface area contributed by atoms with E-state index in [1.54, 1.807) is 18.2 Å². The molecule has 4 nitrogen and oxygen atoms in total. The standard InChI is InChI=1S/C12H14N2O2/c1-3-4-5-12(15)14-9-6-7-10(13)11(8-9)16-2/h1,6-8H,4-5,13H2,2H3,(H,14,15). The Labute approximate surface area is 94.8 Å². The molecule has 0 aliphatic heterocycles. The molecule has 0 saturated heterocycles. The van der Waals surface area contributed by atoms with Crippen LogP contribution in [0.3, 0.4) is 0 Å². The molecule has 4 heteroatoms. The number of nitrogens with two attached hydrogens (primary N) is 1. The molecular formula is C12H14N2O2. The molecule has 0 atom stereocenters. The molecule has 0 heterocycles. The highest BCUT2D eigenvalue weighted by Gasteiger charge is 2.04. The second kappa shape index (κ2) is 5.66. The van der Waals surface area contributed by atoms with Gasteiger partial charge in [-0.05, 0) is 12.1 Å². The number of amides is 1. The van der Waals surface area contributed by atoms with Crippen molar-refractivity contribution in [2.75, 3.05) is 18.2 Å². The van der Waals surface area contributed by atoms with E-state index in [2.05, 4.69) is 11.2 Å². The average molecular weight is 218 g/mol. The molecule has 0 saturated carbocycles. The van der Waals surface area contributed by atoms with Crippen LogP contribution in [0.25, 0.3) is 0 Å². The summed E-state index contributed by atoms with van der Waals surface area (Å²) in [6.07, 6.45) is 5.81. The largest absolute Gasteiger partial charge is 0.495 e. The van der Waals surface area contributed by atoms with Gasteiger partial charge >= 0.3 is 0 Å². The lowest BCUT2D eigenvalue weighted by Gasteiger charge is -2.08. The number of hydrogen-bond donors (Lipinski definition) is 2. The number of carbonyl (C=O) groups excluding carboxylic acids is 1. The maximum atomic E-state index is 11.4. The van der Waals surface area contributed by atoms with Crippen molar-refractivity contribution in [3.05, 3.63) is 18.2 Å². The Balaban J connectivity index is 2.68. The van der Waals surface area contributed by atoms with Crippen molar-refractivity contribution in [2.24, 2.45) is 0 Å². The first kappa shape index (κ1) is 11.9. The predicted octanol–water partition coefficient (Wildman–Crippen LogP) is 1.63. The topological polar surface area (TPSA) is 64.4 Å². The fourth-order valence-corrected chi connectivity index (χ4v) is 1.20. The summed E-state index contributed by atoms with van der Waals surface area (Å²) in [5, 5.41) is 2.71. The van der Waals surface area contributed by atoms with Gasteiger partial charge in [0.25, 0.3) is 0 Å². The highest BCUT2D eigenvalue weighted by atomic mass is 16.5. The molecule has 0 fully saturated rings. The van der Waals surface area contributed by atoms with E-state index in [0.717, 1.165) is 0 Å². The highest BCUT2D eigenvalue weighted by Crippen LogP contribution is 2.24. The van der Waals surface area contributed by atoms with Crippen LogP contribution in [0.5, 0.6) is 5.75 Å². The molecule has 0 aliphatic carbocycles. The summed E-state index contributed by atoms with van der Waals surface area (Å²) in [4.78, 5) is 11.4. The van der Waals surface area contributed by atoms with Gasteiger partial charge in [0.2, 0.25) is 5.91 Å². The number of hydrogen-bond acceptors (Lipinski definition) is 3. The first-order valence-corrected chi connectivity index (χ1v) is 4.84. The van der Waals surface area contributed by atoms with Gasteiger partial charge in [-0.2, -0.15) is 0 Å². The third kappa shape index (κ3) is 3.21. The van der Waals surface area contributed by atoms with E-state index in [1.165, 1.54) is 7.11 Å². The molecule has 0 unspecified atom stereocenters. The molecule has 0 radical (unpaired) electrons. The Kier molecular flexibility index (Phi) is 4.22. The van der Waals surface area contributed by atoms with E-state index < -0.39 is 0 Å². The summed E-state index contributed by atoms with van der Waals surface area (Å²) in [6.45, 7) is 0. The Morgan fingerprint density at radius 2 is 2.38 bits per heavy atom. The van der Waals surface area contributed by atoms with Crippen LogP contribution >= 0.6 is 0 Å². The maximum Gasteiger partial charge on any atom is 0.225 e. The monoisotopic (exact) mass is 218 g/mol. The molecule has 3 N–H and O–H groups in total. The van der Waals surface area contributed by atoms with Crippen LogP contribution in [-0.2, 0) is 4.79 Å². The van der Waals surface area contributed by atoms with E-state index in [1.807, 2.05) is 0 Å². The van der Waals surface area contributed by atoms with E-state index in [-0.39, 0.29) is 5.91 Å². The van der Waals surface area contributed by atoms with Crippen molar-refractivity contribution in [1.29, 1.82) is 0 Å². The van der Waals surface area contributed by atoms with Gasteiger partial charge in [-0.15, -0.1) is 12.3 Å². The van der Waals surface area contributed by atoms with E-state index >= 15 is 0 Å². The van der Waals surface area contributed by atoms with E-state index in [0.29, 0.717) is 30.0 Å². The zero-order valence-electron chi connectivity index (χ0n) is 9.12. The number of nitrogen functional groups attached to an aromatic ring is 1. The Bertz CT molecular complexity index is 422. The quantitative estimate of drug-likeness (QED) is 0.596. The minimum Gasteiger partial charge on any atom is -0.495 e. The van der Waals surface area contributed by atoms with Gasteiger partial charge in [0, 0.05) is 24.6 Å². The van der Waals surface area contributed by atoms with Crippen molar-refractivity contribution in [2.45, 2.75) is 12.8 Å². The lowest BCUT2D eigenvalue weighted by Crippen LogP contribution is -2.10. The summed E-state index contributed by atoms with van der Waals surface area (Å²) in [7, 11) is 1.52. The predicted molar refractivity (Wildman–Crippen MR) is 64.1 cm³/mol. The molecular weight excluding hydrogens is 204 g/mol. The van der Waals surface area contributed by atoms with Crippen LogP contribution in [0.4, 0.5) is 11.4 Å². The van der Waals surface area contributed by atoms with Crippen LogP contribution in [0.15, 0.2) is 18.2 Å². The molecule has 16 heavy (non-hydrogen) atoms. The van der Waals surface area contributed by atoms with Crippen molar-refractivity contribution >= 4 is 17.3 Å². The Hall–Kier alpha value is -2.15. The number of rotatable bonds is 4. The van der Waals surface area contributed by atoms with Crippen molar-refractivity contribution < 1.29 is 9.53 Å². The minimum absolute atomic E-state index is 0.121. The smallest absolute Gasteiger partial charge is 0.225 e. The van der Waals surface area contributed by atoms with E-state index in [4.69, 9.17) is 16.9 Å². The lowest BCUT2D eigenvalue weighted by atomic mass is 10.2. The molecule has 84 valence electrons. The van der Waals surface area contributed by atoms with Crippen LogP contribution in [-0.4, -0.2) is 13.0 Å². The van der Waals surface area contributed by atoms with Crippen LogP contribution in [0.1, 0.15) is 12.8 Å². The van der Waals surface area contributed by atoms with Crippen LogP contribution in [0.2, 0.25) is 0 Å². The van der Waals surface area contributed by atoms with E-state index in [9.17, 15) is 4.79 Å². The van der Waals surface area contributed by atoms with Gasteiger partial charge in [0.15, 0.2) is 0 Å². The van der Waals surface area contributed by atoms with Crippen molar-refractivity contribution in [3.8, 4) is 18.1 Å². The van der Waals surface area contributed by atoms with Gasteiger partial charge in [-0.3, -0.25) is 4.79 Å². The van der Waals surface area contributed by atoms with Gasteiger partial charge < -0.3 is 15.8 Å². The van der Waals surface area contributed by atoms with Gasteiger partial charge in [-0.1, -0.05) is 0 Å². The van der Waals surface area contributed by atoms with Crippen molar-refractivity contribution in [3.63, 3.8) is 0 Å². The summed E-state index contributed by atoms with van der Waals surface area (Å²) < 4.78 is 5.04. The fourth-order valence-electron chi connectivity index (χ4n) is 1.20. The van der Waals surface area contributed by atoms with Gasteiger partial charge in [0.05, 0.1) is 12.8 Å². The second-order valence-electron chi connectivity index (χ2n) is 3.21. The zero-order valence-corrected chi connectivity index (χ0v) is 9.12. The molecule has 0 aliphatic rings. The third-order valence-corrected chi connectivity index (χ3v) is 2.01. The number of nitrogens with one attached hydrogen (secondary N) is 1. The zero-order chi connectivity index (χ0) is 12.0. The fraction of sp³-hybridized carbons (Fsp3) is 0.250. The molecule has 1 rings (SSSR count). The maximum absolute atomic E-state index is 11.4. The van der Waals surface area contributed by atoms with Crippen molar-refractivity contribution in [1.82, 2.24) is 0 Å². The SMILES string of the molecule is C#CCCC(=O)Nc1ccc(N)c(OC)c1. The summed E-state index contributed by atoms with van der Waals surface area (Å²) >= 11 is 0. The third-order valence-electron chi connectivity index (χ3n) is 2.01. The second-order valence-corrected chi connectivity index (χ2v) is 3.21. The molecule has 0 spiro atoms. The summed E-state index contributed by atoms with van der Waals surface area (Å²) in [6, 6.07) is 5.06. The summed E-state index contributed by atoms with van der Waals surface area (Å²) in [5.41, 5.74) is 6.82. The Morgan fingerprint density at radius 3 is 3.00 bits per heavy atom. The number of benzene rings is 1. The molecule has 0 aromatic heterocycles. The number of terminal acetylenes is 1. The molecule has 1 aromatic rings. The van der Waals surface area contributed by atoms with Gasteiger partial charge in [-0.25, -0.2) is 0 Å². The minimum atomic E-state index is -0.121. The number of ether oxygens (including phenoxy) is 1. The molecule has 0 bridgehead atoms. The highest BCUT2D eigenvalue weighted by molar-refractivity contribution is 5.91. The Morgan fingerprint density at radius 1 is 1.62 bits per heavy atom. The normalized spacial score (nSPS) is 9.25. The number of anilines is 2. The number of methoxy groups -OCH3 is 1.